The van der Waals surface area contributed by atoms with Crippen molar-refractivity contribution in [2.24, 2.45) is 11.8 Å². The third-order valence-electron chi connectivity index (χ3n) is 8.44. The van der Waals surface area contributed by atoms with E-state index in [9.17, 15) is 0 Å². The highest BCUT2D eigenvalue weighted by Crippen LogP contribution is 2.44. The van der Waals surface area contributed by atoms with E-state index in [4.69, 9.17) is 6.42 Å². The topological polar surface area (TPSA) is 0 Å². The Kier molecular flexibility index (Phi) is 8.22. The summed E-state index contributed by atoms with van der Waals surface area (Å²) in [6.07, 6.45) is 21.6. The van der Waals surface area contributed by atoms with Crippen molar-refractivity contribution in [2.45, 2.75) is 57.3 Å². The van der Waals surface area contributed by atoms with Gasteiger partial charge in [0, 0.05) is 11.5 Å². The molecular weight excluding hydrogens is 444 g/mol. The molecule has 0 amide bonds. The Hall–Kier alpha value is -3.56. The van der Waals surface area contributed by atoms with E-state index < -0.39 is 0 Å². The van der Waals surface area contributed by atoms with Gasteiger partial charge in [-0.3, -0.25) is 0 Å². The number of rotatable bonds is 9. The first kappa shape index (κ1) is 25.1. The molecule has 2 aliphatic carbocycles. The number of terminal acetylenes is 1. The van der Waals surface area contributed by atoms with Crippen molar-refractivity contribution in [3.63, 3.8) is 0 Å². The smallest absolute Gasteiger partial charge is 0.0242 e. The van der Waals surface area contributed by atoms with Crippen LogP contribution in [0.2, 0.25) is 0 Å². The second kappa shape index (κ2) is 12.1. The number of benzene rings is 3. The van der Waals surface area contributed by atoms with Crippen LogP contribution >= 0.6 is 0 Å². The summed E-state index contributed by atoms with van der Waals surface area (Å²) < 4.78 is 0. The van der Waals surface area contributed by atoms with E-state index in [2.05, 4.69) is 110 Å². The molecule has 5 rings (SSSR count). The van der Waals surface area contributed by atoms with E-state index >= 15 is 0 Å². The van der Waals surface area contributed by atoms with Gasteiger partial charge < -0.3 is 0 Å². The average molecular weight is 483 g/mol. The van der Waals surface area contributed by atoms with Crippen LogP contribution in [0.25, 0.3) is 5.57 Å². The molecule has 0 aliphatic heterocycles. The van der Waals surface area contributed by atoms with Gasteiger partial charge in [0.15, 0.2) is 0 Å². The molecule has 0 radical (unpaired) electrons. The van der Waals surface area contributed by atoms with Gasteiger partial charge in [-0.05, 0) is 103 Å². The summed E-state index contributed by atoms with van der Waals surface area (Å²) in [4.78, 5) is 0. The summed E-state index contributed by atoms with van der Waals surface area (Å²) in [6, 6.07) is 28.9. The van der Waals surface area contributed by atoms with Crippen molar-refractivity contribution in [1.82, 2.24) is 0 Å². The first-order valence-electron chi connectivity index (χ1n) is 13.9. The maximum atomic E-state index is 5.53. The molecule has 1 fully saturated rings. The van der Waals surface area contributed by atoms with E-state index in [1.165, 1.54) is 59.1 Å². The van der Waals surface area contributed by atoms with Crippen molar-refractivity contribution >= 4 is 5.57 Å². The van der Waals surface area contributed by atoms with Gasteiger partial charge >= 0.3 is 0 Å². The maximum absolute atomic E-state index is 5.53. The zero-order valence-electron chi connectivity index (χ0n) is 21.9. The lowest BCUT2D eigenvalue weighted by atomic mass is 9.69. The third kappa shape index (κ3) is 6.42. The van der Waals surface area contributed by atoms with E-state index in [0.29, 0.717) is 11.8 Å². The molecule has 0 bridgehead atoms. The van der Waals surface area contributed by atoms with Gasteiger partial charge in [0.2, 0.25) is 0 Å². The zero-order chi connectivity index (χ0) is 25.5. The zero-order valence-corrected chi connectivity index (χ0v) is 21.9. The molecule has 0 nitrogen and oxygen atoms in total. The molecule has 0 heterocycles. The lowest BCUT2D eigenvalue weighted by Crippen LogP contribution is -2.23. The van der Waals surface area contributed by atoms with E-state index in [0.717, 1.165) is 37.2 Å². The van der Waals surface area contributed by atoms with Crippen LogP contribution in [0.1, 0.15) is 72.3 Å². The minimum Gasteiger partial charge on any atom is -0.115 e. The standard InChI is InChI=1S/C37H38/c1-3-29-15-17-31(18-16-29)27-32-19-21-35(22-20-32)37(28(2)13-14-30-9-5-4-6-10-30)36-25-23-34(24-26-36)33-11-7-8-12-33/h1,4-11,15-18,23-26,32,35,37H,2,12-14,19-22,27H2. The Balaban J connectivity index is 1.28. The summed E-state index contributed by atoms with van der Waals surface area (Å²) in [6.45, 7) is 4.69. The van der Waals surface area contributed by atoms with Crippen LogP contribution in [0.5, 0.6) is 0 Å². The van der Waals surface area contributed by atoms with Crippen LogP contribution in [0.15, 0.2) is 109 Å². The van der Waals surface area contributed by atoms with Gasteiger partial charge in [0.25, 0.3) is 0 Å². The van der Waals surface area contributed by atoms with E-state index in [1.807, 2.05) is 0 Å². The van der Waals surface area contributed by atoms with Crippen molar-refractivity contribution in [3.8, 4) is 12.3 Å². The summed E-state index contributed by atoms with van der Waals surface area (Å²) in [5.41, 5.74) is 9.39. The largest absolute Gasteiger partial charge is 0.115 e. The highest BCUT2D eigenvalue weighted by molar-refractivity contribution is 5.71. The van der Waals surface area contributed by atoms with E-state index in [1.54, 1.807) is 0 Å². The second-order valence-corrected chi connectivity index (χ2v) is 10.9. The van der Waals surface area contributed by atoms with Crippen LogP contribution in [-0.2, 0) is 12.8 Å². The molecule has 186 valence electrons. The third-order valence-corrected chi connectivity index (χ3v) is 8.44. The summed E-state index contributed by atoms with van der Waals surface area (Å²) in [7, 11) is 0. The molecule has 37 heavy (non-hydrogen) atoms. The van der Waals surface area contributed by atoms with Gasteiger partial charge in [-0.1, -0.05) is 103 Å². The number of aryl methyl sites for hydroxylation is 1. The number of allylic oxidation sites excluding steroid dienone is 5. The SMILES string of the molecule is C#Cc1ccc(CC2CCC(C(C(=C)CCc3ccccc3)c3ccc(C4=CC=CC4)cc3)CC2)cc1. The quantitative estimate of drug-likeness (QED) is 0.210. The molecule has 3 aromatic rings. The molecule has 3 aromatic carbocycles. The molecule has 0 saturated heterocycles. The highest BCUT2D eigenvalue weighted by Gasteiger charge is 2.30. The predicted molar refractivity (Wildman–Crippen MR) is 158 cm³/mol. The summed E-state index contributed by atoms with van der Waals surface area (Å²) in [5, 5.41) is 0. The lowest BCUT2D eigenvalue weighted by molar-refractivity contribution is 0.252. The van der Waals surface area contributed by atoms with Crippen molar-refractivity contribution < 1.29 is 0 Å². The van der Waals surface area contributed by atoms with Gasteiger partial charge in [0.05, 0.1) is 0 Å². The Morgan fingerprint density at radius 1 is 0.865 bits per heavy atom. The van der Waals surface area contributed by atoms with Crippen molar-refractivity contribution in [3.05, 3.63) is 137 Å². The molecule has 1 atom stereocenters. The molecule has 1 saturated carbocycles. The molecule has 1 unspecified atom stereocenters. The minimum absolute atomic E-state index is 0.435. The van der Waals surface area contributed by atoms with Crippen molar-refractivity contribution in [2.75, 3.05) is 0 Å². The number of hydrogen-bond donors (Lipinski definition) is 0. The Labute approximate surface area is 223 Å². The van der Waals surface area contributed by atoms with Gasteiger partial charge in [0.1, 0.15) is 0 Å². The number of hydrogen-bond acceptors (Lipinski definition) is 0. The molecule has 0 aromatic heterocycles. The van der Waals surface area contributed by atoms with E-state index in [-0.39, 0.29) is 0 Å². The second-order valence-electron chi connectivity index (χ2n) is 10.9. The predicted octanol–water partition coefficient (Wildman–Crippen LogP) is 9.33. The van der Waals surface area contributed by atoms with Gasteiger partial charge in [-0.15, -0.1) is 6.42 Å². The molecular formula is C37H38. The van der Waals surface area contributed by atoms with Crippen LogP contribution in [0.3, 0.4) is 0 Å². The Bertz CT molecular complexity index is 1270. The van der Waals surface area contributed by atoms with Gasteiger partial charge in [-0.25, -0.2) is 0 Å². The minimum atomic E-state index is 0.435. The Morgan fingerprint density at radius 3 is 2.24 bits per heavy atom. The normalized spacial score (nSPS) is 19.7. The average Bonchev–Trinajstić information content (AvgIpc) is 3.50. The van der Waals surface area contributed by atoms with Crippen molar-refractivity contribution in [1.29, 1.82) is 0 Å². The molecule has 0 N–H and O–H groups in total. The first-order valence-corrected chi connectivity index (χ1v) is 13.9. The van der Waals surface area contributed by atoms with Crippen LogP contribution in [-0.4, -0.2) is 0 Å². The highest BCUT2D eigenvalue weighted by atomic mass is 14.3. The van der Waals surface area contributed by atoms with Gasteiger partial charge in [-0.2, -0.15) is 0 Å². The Morgan fingerprint density at radius 2 is 1.59 bits per heavy atom. The maximum Gasteiger partial charge on any atom is 0.0242 e. The fourth-order valence-corrected chi connectivity index (χ4v) is 6.31. The van der Waals surface area contributed by atoms with Crippen LogP contribution < -0.4 is 0 Å². The fourth-order valence-electron chi connectivity index (χ4n) is 6.31. The monoisotopic (exact) mass is 482 g/mol. The first-order chi connectivity index (χ1) is 18.2. The fraction of sp³-hybridized carbons (Fsp3) is 0.297. The summed E-state index contributed by atoms with van der Waals surface area (Å²) in [5.74, 6) is 4.59. The van der Waals surface area contributed by atoms with Crippen LogP contribution in [0.4, 0.5) is 0 Å². The molecule has 0 spiro atoms. The molecule has 2 aliphatic rings. The summed E-state index contributed by atoms with van der Waals surface area (Å²) >= 11 is 0. The van der Waals surface area contributed by atoms with Crippen LogP contribution in [0, 0.1) is 24.2 Å². The molecule has 0 heteroatoms. The lowest BCUT2D eigenvalue weighted by Gasteiger charge is -2.36.